The maximum Gasteiger partial charge on any atom is 0.337 e. The number of methoxy groups -OCH3 is 2. The van der Waals surface area contributed by atoms with Crippen molar-refractivity contribution in [3.8, 4) is 17.2 Å². The molecule has 0 fully saturated rings. The van der Waals surface area contributed by atoms with Crippen LogP contribution in [0, 0.1) is 6.92 Å². The maximum atomic E-state index is 13.0. The number of esters is 1. The summed E-state index contributed by atoms with van der Waals surface area (Å²) in [6.45, 7) is 1.62. The summed E-state index contributed by atoms with van der Waals surface area (Å²) < 4.78 is 23.2. The normalized spacial score (nSPS) is 14.1. The van der Waals surface area contributed by atoms with Gasteiger partial charge in [0.05, 0.1) is 12.7 Å². The van der Waals surface area contributed by atoms with Crippen molar-refractivity contribution in [2.45, 2.75) is 6.92 Å². The molecule has 7 nitrogen and oxygen atoms in total. The summed E-state index contributed by atoms with van der Waals surface area (Å²) in [5.41, 5.74) is 2.98. The van der Waals surface area contributed by atoms with Crippen LogP contribution in [-0.2, 0) is 16.6 Å². The van der Waals surface area contributed by atoms with Crippen LogP contribution in [0.25, 0.3) is 17.0 Å². The van der Waals surface area contributed by atoms with Crippen LogP contribution in [0.5, 0.6) is 17.2 Å². The predicted molar refractivity (Wildman–Crippen MR) is 111 cm³/mol. The fourth-order valence-corrected chi connectivity index (χ4v) is 3.60. The number of carbonyl (C=O) groups is 2. The Hall–Kier alpha value is -3.58. The average Bonchev–Trinajstić information content (AvgIpc) is 3.18. The Kier molecular flexibility index (Phi) is 5.05. The molecule has 2 heterocycles. The van der Waals surface area contributed by atoms with Crippen molar-refractivity contribution in [3.05, 3.63) is 59.0 Å². The van der Waals surface area contributed by atoms with Gasteiger partial charge in [-0.1, -0.05) is 0 Å². The number of allylic oxidation sites excluding steroid dienone is 1. The van der Waals surface area contributed by atoms with Gasteiger partial charge >= 0.3 is 5.97 Å². The zero-order valence-electron chi connectivity index (χ0n) is 17.1. The minimum atomic E-state index is -0.526. The quantitative estimate of drug-likeness (QED) is 0.365. The molecule has 4 rings (SSSR count). The van der Waals surface area contributed by atoms with Gasteiger partial charge in [0, 0.05) is 42.9 Å². The molecule has 1 aliphatic rings. The molecule has 30 heavy (non-hydrogen) atoms. The van der Waals surface area contributed by atoms with Gasteiger partial charge in [-0.2, -0.15) is 0 Å². The number of aromatic nitrogens is 1. The lowest BCUT2D eigenvalue weighted by Gasteiger charge is -2.07. The molecule has 0 aliphatic carbocycles. The van der Waals surface area contributed by atoms with Crippen molar-refractivity contribution < 1.29 is 28.5 Å². The van der Waals surface area contributed by atoms with Gasteiger partial charge < -0.3 is 23.5 Å². The number of rotatable bonds is 5. The summed E-state index contributed by atoms with van der Waals surface area (Å²) >= 11 is 0. The fourth-order valence-electron chi connectivity index (χ4n) is 3.60. The highest BCUT2D eigenvalue weighted by atomic mass is 16.6. The molecule has 0 unspecified atom stereocenters. The zero-order valence-corrected chi connectivity index (χ0v) is 17.1. The van der Waals surface area contributed by atoms with Crippen LogP contribution in [0.2, 0.25) is 0 Å². The summed E-state index contributed by atoms with van der Waals surface area (Å²) in [5.74, 6) is 0.873. The second kappa shape index (κ2) is 7.68. The molecule has 0 saturated heterocycles. The molecule has 0 atom stereocenters. The third-order valence-corrected chi connectivity index (χ3v) is 4.95. The second-order valence-corrected chi connectivity index (χ2v) is 7.04. The van der Waals surface area contributed by atoms with Crippen molar-refractivity contribution >= 4 is 28.7 Å². The van der Waals surface area contributed by atoms with E-state index < -0.39 is 5.97 Å². The van der Waals surface area contributed by atoms with E-state index in [4.69, 9.17) is 18.9 Å². The molecule has 0 saturated carbocycles. The van der Waals surface area contributed by atoms with E-state index in [1.807, 2.05) is 36.0 Å². The first kappa shape index (κ1) is 19.7. The second-order valence-electron chi connectivity index (χ2n) is 7.04. The van der Waals surface area contributed by atoms with Gasteiger partial charge in [-0.15, -0.1) is 0 Å². The molecule has 0 bridgehead atoms. The Morgan fingerprint density at radius 2 is 1.97 bits per heavy atom. The van der Waals surface area contributed by atoms with Crippen molar-refractivity contribution in [3.63, 3.8) is 0 Å². The van der Waals surface area contributed by atoms with Gasteiger partial charge in [-0.25, -0.2) is 4.79 Å². The first-order valence-corrected chi connectivity index (χ1v) is 9.33. The minimum absolute atomic E-state index is 0.161. The lowest BCUT2D eigenvalue weighted by Crippen LogP contribution is -2.14. The first-order valence-electron chi connectivity index (χ1n) is 9.33. The Labute approximate surface area is 173 Å². The minimum Gasteiger partial charge on any atom is -0.497 e. The largest absolute Gasteiger partial charge is 0.497 e. The van der Waals surface area contributed by atoms with E-state index in [-0.39, 0.29) is 18.1 Å². The van der Waals surface area contributed by atoms with E-state index in [1.54, 1.807) is 32.2 Å². The third kappa shape index (κ3) is 3.44. The van der Waals surface area contributed by atoms with E-state index in [9.17, 15) is 9.59 Å². The number of aryl methyl sites for hydroxylation is 2. The Bertz CT molecular complexity index is 1200. The lowest BCUT2D eigenvalue weighted by atomic mass is 10.0. The summed E-state index contributed by atoms with van der Waals surface area (Å²) in [4.78, 5) is 24.7. The molecule has 1 aromatic heterocycles. The SMILES string of the molecule is COCC(=O)Oc1cc(C)c2c(c1)O/C(=C\c1cn(C)c3ccc(OC)cc13)C2=O. The summed E-state index contributed by atoms with van der Waals surface area (Å²) in [5, 5.41) is 0.947. The van der Waals surface area contributed by atoms with Crippen LogP contribution in [-0.4, -0.2) is 37.1 Å². The summed E-state index contributed by atoms with van der Waals surface area (Å²) in [6, 6.07) is 8.96. The number of benzene rings is 2. The monoisotopic (exact) mass is 407 g/mol. The van der Waals surface area contributed by atoms with Crippen molar-refractivity contribution in [1.82, 2.24) is 4.57 Å². The molecule has 0 N–H and O–H groups in total. The predicted octanol–water partition coefficient (Wildman–Crippen LogP) is 3.66. The van der Waals surface area contributed by atoms with Gasteiger partial charge in [-0.05, 0) is 42.8 Å². The van der Waals surface area contributed by atoms with Crippen LogP contribution in [0.4, 0.5) is 0 Å². The molecule has 0 amide bonds. The molecule has 3 aromatic rings. The Morgan fingerprint density at radius 3 is 2.70 bits per heavy atom. The Morgan fingerprint density at radius 1 is 1.17 bits per heavy atom. The number of nitrogens with zero attached hydrogens (tertiary/aromatic N) is 1. The van der Waals surface area contributed by atoms with Crippen LogP contribution in [0.1, 0.15) is 21.5 Å². The van der Waals surface area contributed by atoms with E-state index in [1.165, 1.54) is 7.11 Å². The molecule has 1 aliphatic heterocycles. The number of Topliss-reactive ketones (excluding diaryl/α,β-unsaturated/α-hetero) is 1. The average molecular weight is 407 g/mol. The number of ketones is 1. The topological polar surface area (TPSA) is 76.0 Å². The zero-order chi connectivity index (χ0) is 21.4. The molecular formula is C23H21NO6. The number of fused-ring (bicyclic) bond motifs is 2. The summed E-state index contributed by atoms with van der Waals surface area (Å²) in [7, 11) is 4.97. The van der Waals surface area contributed by atoms with Crippen LogP contribution >= 0.6 is 0 Å². The first-order chi connectivity index (χ1) is 14.4. The van der Waals surface area contributed by atoms with Crippen molar-refractivity contribution in [1.29, 1.82) is 0 Å². The highest BCUT2D eigenvalue weighted by molar-refractivity contribution is 6.16. The van der Waals surface area contributed by atoms with Gasteiger partial charge in [0.2, 0.25) is 5.78 Å². The van der Waals surface area contributed by atoms with Crippen LogP contribution in [0.15, 0.2) is 42.3 Å². The number of hydrogen-bond acceptors (Lipinski definition) is 6. The van der Waals surface area contributed by atoms with E-state index >= 15 is 0 Å². The third-order valence-electron chi connectivity index (χ3n) is 4.95. The van der Waals surface area contributed by atoms with Crippen LogP contribution < -0.4 is 14.2 Å². The fraction of sp³-hybridized carbons (Fsp3) is 0.217. The number of hydrogen-bond donors (Lipinski definition) is 0. The molecule has 2 aromatic carbocycles. The standard InChI is InChI=1S/C23H21NO6/c1-13-7-16(29-21(25)12-27-3)10-19-22(13)23(26)20(30-19)8-14-11-24(2)18-6-5-15(28-4)9-17(14)18/h5-11H,12H2,1-4H3/b20-8-. The lowest BCUT2D eigenvalue weighted by molar-refractivity contribution is -0.138. The highest BCUT2D eigenvalue weighted by Crippen LogP contribution is 2.38. The van der Waals surface area contributed by atoms with Gasteiger partial charge in [-0.3, -0.25) is 4.79 Å². The van der Waals surface area contributed by atoms with Crippen LogP contribution in [0.3, 0.4) is 0 Å². The van der Waals surface area contributed by atoms with Gasteiger partial charge in [0.25, 0.3) is 0 Å². The number of carbonyl (C=O) groups excluding carboxylic acids is 2. The molecular weight excluding hydrogens is 386 g/mol. The van der Waals surface area contributed by atoms with E-state index in [0.29, 0.717) is 22.6 Å². The van der Waals surface area contributed by atoms with Crippen molar-refractivity contribution in [2.75, 3.05) is 20.8 Å². The highest BCUT2D eigenvalue weighted by Gasteiger charge is 2.30. The molecule has 154 valence electrons. The van der Waals surface area contributed by atoms with Crippen molar-refractivity contribution in [2.24, 2.45) is 7.05 Å². The molecule has 0 radical (unpaired) electrons. The number of ether oxygens (including phenoxy) is 4. The van der Waals surface area contributed by atoms with E-state index in [0.717, 1.165) is 22.2 Å². The van der Waals surface area contributed by atoms with Gasteiger partial charge in [0.1, 0.15) is 23.9 Å². The summed E-state index contributed by atoms with van der Waals surface area (Å²) in [6.07, 6.45) is 3.65. The molecule has 7 heteroatoms. The van der Waals surface area contributed by atoms with Gasteiger partial charge in [0.15, 0.2) is 5.76 Å². The smallest absolute Gasteiger partial charge is 0.337 e. The maximum absolute atomic E-state index is 13.0. The molecule has 0 spiro atoms. The Balaban J connectivity index is 1.71. The van der Waals surface area contributed by atoms with E-state index in [2.05, 4.69) is 0 Å².